The van der Waals surface area contributed by atoms with Gasteiger partial charge in [0.25, 0.3) is 5.69 Å². The standard InChI is InChI=1S/C46H50N6O10/c1-30(53)50(28-39(54)60-29-32-12-9-8-10-13-32)27-31-16-18-34(19-17-31)40(42(55)48-26-33-14-11-15-37(24-33)52(58)59)49-36-20-21-38-35(25-36)22-23-47-41(38)51(43(56)61-45(2,3)4)44(57)62-46(5,6)7/h8-25,40,49H,26-29H2,1-7H3,(H,48,55). The van der Waals surface area contributed by atoms with E-state index in [1.165, 1.54) is 36.2 Å². The van der Waals surface area contributed by atoms with E-state index < -0.39 is 46.2 Å². The predicted octanol–water partition coefficient (Wildman–Crippen LogP) is 8.38. The van der Waals surface area contributed by atoms with Crippen molar-refractivity contribution < 1.29 is 43.1 Å². The molecule has 0 aliphatic carbocycles. The van der Waals surface area contributed by atoms with Crippen molar-refractivity contribution in [2.45, 2.75) is 85.4 Å². The van der Waals surface area contributed by atoms with Crippen LogP contribution < -0.4 is 15.5 Å². The Hall–Kier alpha value is -7.36. The zero-order chi connectivity index (χ0) is 45.2. The Balaban J connectivity index is 1.42. The van der Waals surface area contributed by atoms with Gasteiger partial charge in [-0.25, -0.2) is 14.6 Å². The van der Waals surface area contributed by atoms with E-state index in [0.29, 0.717) is 33.2 Å². The Morgan fingerprint density at radius 1 is 0.774 bits per heavy atom. The first-order valence-corrected chi connectivity index (χ1v) is 19.7. The average Bonchev–Trinajstić information content (AvgIpc) is 3.20. The second-order valence-corrected chi connectivity index (χ2v) is 16.4. The number of hydrogen-bond acceptors (Lipinski definition) is 12. The number of non-ortho nitro benzene ring substituents is 1. The normalized spacial score (nSPS) is 11.8. The number of ether oxygens (including phenoxy) is 3. The van der Waals surface area contributed by atoms with Crippen molar-refractivity contribution in [3.05, 3.63) is 142 Å². The number of nitro groups is 1. The molecule has 62 heavy (non-hydrogen) atoms. The third-order valence-electron chi connectivity index (χ3n) is 8.96. The number of nitro benzene ring substituents is 1. The molecule has 0 saturated heterocycles. The summed E-state index contributed by atoms with van der Waals surface area (Å²) in [5.74, 6) is -1.39. The van der Waals surface area contributed by atoms with Gasteiger partial charge in [-0.05, 0) is 93.4 Å². The first-order valence-electron chi connectivity index (χ1n) is 19.7. The van der Waals surface area contributed by atoms with Crippen molar-refractivity contribution in [1.82, 2.24) is 15.2 Å². The van der Waals surface area contributed by atoms with Gasteiger partial charge in [0.05, 0.1) is 4.92 Å². The summed E-state index contributed by atoms with van der Waals surface area (Å²) in [5, 5.41) is 18.5. The lowest BCUT2D eigenvalue weighted by molar-refractivity contribution is -0.384. The molecule has 0 spiro atoms. The molecule has 0 fully saturated rings. The molecule has 1 heterocycles. The van der Waals surface area contributed by atoms with Crippen LogP contribution in [0.15, 0.2) is 109 Å². The summed E-state index contributed by atoms with van der Waals surface area (Å²) in [6.07, 6.45) is -0.530. The summed E-state index contributed by atoms with van der Waals surface area (Å²) in [5.41, 5.74) is 1.02. The number of carbonyl (C=O) groups excluding carboxylic acids is 5. The number of hydrogen-bond donors (Lipinski definition) is 2. The van der Waals surface area contributed by atoms with E-state index in [-0.39, 0.29) is 43.7 Å². The molecule has 4 aromatic carbocycles. The van der Waals surface area contributed by atoms with Gasteiger partial charge in [0.15, 0.2) is 5.82 Å². The highest BCUT2D eigenvalue weighted by Crippen LogP contribution is 2.31. The van der Waals surface area contributed by atoms with E-state index in [0.717, 1.165) is 10.5 Å². The number of esters is 1. The van der Waals surface area contributed by atoms with Crippen molar-refractivity contribution in [2.24, 2.45) is 0 Å². The van der Waals surface area contributed by atoms with Crippen LogP contribution in [-0.2, 0) is 48.3 Å². The van der Waals surface area contributed by atoms with Crippen LogP contribution in [-0.4, -0.2) is 62.5 Å². The number of benzene rings is 4. The number of pyridine rings is 1. The molecule has 1 aromatic heterocycles. The van der Waals surface area contributed by atoms with Crippen LogP contribution in [0.5, 0.6) is 0 Å². The van der Waals surface area contributed by atoms with E-state index in [9.17, 15) is 34.1 Å². The zero-order valence-electron chi connectivity index (χ0n) is 35.7. The molecule has 4 amide bonds. The molecular weight excluding hydrogens is 797 g/mol. The second-order valence-electron chi connectivity index (χ2n) is 16.4. The molecule has 324 valence electrons. The number of anilines is 2. The first-order chi connectivity index (χ1) is 29.3. The van der Waals surface area contributed by atoms with E-state index in [1.54, 1.807) is 96.1 Å². The lowest BCUT2D eigenvalue weighted by Gasteiger charge is -2.28. The summed E-state index contributed by atoms with van der Waals surface area (Å²) in [6, 6.07) is 27.7. The minimum Gasteiger partial charge on any atom is -0.459 e. The fourth-order valence-electron chi connectivity index (χ4n) is 6.08. The van der Waals surface area contributed by atoms with E-state index in [4.69, 9.17) is 14.2 Å². The summed E-state index contributed by atoms with van der Waals surface area (Å²) in [4.78, 5) is 83.5. The molecule has 0 saturated carbocycles. The number of imide groups is 1. The van der Waals surface area contributed by atoms with Gasteiger partial charge >= 0.3 is 18.2 Å². The summed E-state index contributed by atoms with van der Waals surface area (Å²) < 4.78 is 16.5. The Labute approximate surface area is 359 Å². The fraction of sp³-hybridized carbons (Fsp3) is 0.304. The lowest BCUT2D eigenvalue weighted by Crippen LogP contribution is -2.44. The van der Waals surface area contributed by atoms with Gasteiger partial charge in [-0.15, -0.1) is 0 Å². The topological polar surface area (TPSA) is 200 Å². The molecular formula is C46H50N6O10. The summed E-state index contributed by atoms with van der Waals surface area (Å²) >= 11 is 0. The number of fused-ring (bicyclic) bond motifs is 1. The number of nitrogens with zero attached hydrogens (tertiary/aromatic N) is 4. The molecule has 16 heteroatoms. The Morgan fingerprint density at radius 2 is 1.42 bits per heavy atom. The Kier molecular flexibility index (Phi) is 14.6. The van der Waals surface area contributed by atoms with Gasteiger partial charge < -0.3 is 29.7 Å². The lowest BCUT2D eigenvalue weighted by atomic mass is 10.0. The third kappa shape index (κ3) is 13.1. The van der Waals surface area contributed by atoms with Gasteiger partial charge in [-0.2, -0.15) is 4.90 Å². The number of rotatable bonds is 14. The van der Waals surface area contributed by atoms with Gasteiger partial charge in [-0.1, -0.05) is 66.7 Å². The van der Waals surface area contributed by atoms with Crippen molar-refractivity contribution in [2.75, 3.05) is 16.8 Å². The van der Waals surface area contributed by atoms with Crippen LogP contribution in [0, 0.1) is 10.1 Å². The van der Waals surface area contributed by atoms with Crippen LogP contribution in [0.2, 0.25) is 0 Å². The number of aromatic nitrogens is 1. The largest absolute Gasteiger partial charge is 0.459 e. The van der Waals surface area contributed by atoms with Gasteiger partial charge in [-0.3, -0.25) is 24.5 Å². The molecule has 5 aromatic rings. The fourth-order valence-corrected chi connectivity index (χ4v) is 6.08. The van der Waals surface area contributed by atoms with E-state index in [1.807, 2.05) is 30.3 Å². The minimum absolute atomic E-state index is 0.0113. The summed E-state index contributed by atoms with van der Waals surface area (Å²) in [6.45, 7) is 11.3. The smallest absolute Gasteiger partial charge is 0.425 e. The molecule has 5 rings (SSSR count). The van der Waals surface area contributed by atoms with Gasteiger partial charge in [0.1, 0.15) is 30.4 Å². The molecule has 0 bridgehead atoms. The quantitative estimate of drug-likeness (QED) is 0.0469. The van der Waals surface area contributed by atoms with Crippen molar-refractivity contribution >= 4 is 57.9 Å². The number of carbonyl (C=O) groups is 5. The van der Waals surface area contributed by atoms with Crippen LogP contribution >= 0.6 is 0 Å². The number of nitrogens with one attached hydrogen (secondary N) is 2. The maximum atomic E-state index is 14.0. The van der Waals surface area contributed by atoms with Crippen LogP contribution in [0.4, 0.5) is 26.8 Å². The molecule has 2 N–H and O–H groups in total. The second kappa shape index (κ2) is 19.8. The Bertz CT molecular complexity index is 2400. The monoisotopic (exact) mass is 846 g/mol. The highest BCUT2D eigenvalue weighted by Gasteiger charge is 2.35. The molecule has 0 aliphatic rings. The van der Waals surface area contributed by atoms with Crippen LogP contribution in [0.25, 0.3) is 10.8 Å². The Morgan fingerprint density at radius 3 is 2.03 bits per heavy atom. The maximum absolute atomic E-state index is 14.0. The van der Waals surface area contributed by atoms with Crippen molar-refractivity contribution in [1.29, 1.82) is 0 Å². The highest BCUT2D eigenvalue weighted by molar-refractivity contribution is 6.14. The minimum atomic E-state index is -1.02. The molecule has 0 aliphatic heterocycles. The zero-order valence-corrected chi connectivity index (χ0v) is 35.7. The average molecular weight is 847 g/mol. The predicted molar refractivity (Wildman–Crippen MR) is 232 cm³/mol. The van der Waals surface area contributed by atoms with Gasteiger partial charge in [0.2, 0.25) is 11.8 Å². The SMILES string of the molecule is CC(=O)N(CC(=O)OCc1ccccc1)Cc1ccc(C(Nc2ccc3c(N(C(=O)OC(C)(C)C)C(=O)OC(C)(C)C)nccc3c2)C(=O)NCc2cccc([N+](=O)[O-])c2)cc1. The molecule has 0 radical (unpaired) electrons. The summed E-state index contributed by atoms with van der Waals surface area (Å²) in [7, 11) is 0. The molecule has 16 nitrogen and oxygen atoms in total. The highest BCUT2D eigenvalue weighted by atomic mass is 16.6. The van der Waals surface area contributed by atoms with Crippen LogP contribution in [0.3, 0.4) is 0 Å². The first kappa shape index (κ1) is 45.7. The van der Waals surface area contributed by atoms with E-state index >= 15 is 0 Å². The van der Waals surface area contributed by atoms with E-state index in [2.05, 4.69) is 15.6 Å². The number of amides is 4. The van der Waals surface area contributed by atoms with Crippen molar-refractivity contribution in [3.8, 4) is 0 Å². The van der Waals surface area contributed by atoms with Crippen molar-refractivity contribution in [3.63, 3.8) is 0 Å². The van der Waals surface area contributed by atoms with Crippen LogP contribution in [0.1, 0.15) is 76.8 Å². The third-order valence-corrected chi connectivity index (χ3v) is 8.96. The molecule has 1 unspecified atom stereocenters. The molecule has 1 atom stereocenters. The maximum Gasteiger partial charge on any atom is 0.425 e. The van der Waals surface area contributed by atoms with Gasteiger partial charge in [0, 0.05) is 49.4 Å².